The van der Waals surface area contributed by atoms with Crippen molar-refractivity contribution < 1.29 is 23.9 Å². The van der Waals surface area contributed by atoms with Gasteiger partial charge in [0.05, 0.1) is 36.7 Å². The number of carbonyl (C=O) groups excluding carboxylic acids is 3. The quantitative estimate of drug-likeness (QED) is 0.279. The van der Waals surface area contributed by atoms with Crippen LogP contribution in [0.3, 0.4) is 0 Å². The lowest BCUT2D eigenvalue weighted by molar-refractivity contribution is -0.136. The summed E-state index contributed by atoms with van der Waals surface area (Å²) in [7, 11) is 3.24. The molecule has 0 spiro atoms. The van der Waals surface area contributed by atoms with E-state index < -0.39 is 23.9 Å². The number of allylic oxidation sites excluding steroid dienone is 1. The number of rotatable bonds is 7. The zero-order valence-electron chi connectivity index (χ0n) is 25.5. The summed E-state index contributed by atoms with van der Waals surface area (Å²) in [5.41, 5.74) is 4.04. The third-order valence-electron chi connectivity index (χ3n) is 8.98. The highest BCUT2D eigenvalue weighted by Gasteiger charge is 2.56. The first-order valence-corrected chi connectivity index (χ1v) is 15.9. The molecule has 0 radical (unpaired) electrons. The summed E-state index contributed by atoms with van der Waals surface area (Å²) < 4.78 is 10.7. The number of anilines is 1. The van der Waals surface area contributed by atoms with Gasteiger partial charge < -0.3 is 9.47 Å². The Labute approximate surface area is 281 Å². The molecule has 13 heteroatoms. The summed E-state index contributed by atoms with van der Waals surface area (Å²) in [4.78, 5) is 42.1. The maximum atomic E-state index is 14.2. The molecule has 47 heavy (non-hydrogen) atoms. The van der Waals surface area contributed by atoms with Crippen LogP contribution in [0.2, 0.25) is 10.0 Å². The van der Waals surface area contributed by atoms with E-state index in [1.165, 1.54) is 22.2 Å². The van der Waals surface area contributed by atoms with E-state index in [9.17, 15) is 14.4 Å². The number of nitrogens with zero attached hydrogens (tertiary/aromatic N) is 6. The van der Waals surface area contributed by atoms with Crippen molar-refractivity contribution in [2.24, 2.45) is 21.4 Å². The van der Waals surface area contributed by atoms with Crippen LogP contribution >= 0.6 is 23.2 Å². The Kier molecular flexibility index (Phi) is 8.19. The van der Waals surface area contributed by atoms with Gasteiger partial charge in [0.1, 0.15) is 18.0 Å². The molecule has 2 fully saturated rings. The minimum absolute atomic E-state index is 0.0456. The predicted octanol–water partition coefficient (Wildman–Crippen LogP) is 6.13. The summed E-state index contributed by atoms with van der Waals surface area (Å²) in [6, 6.07) is 17.4. The molecule has 11 nitrogen and oxygen atoms in total. The number of hydrazone groups is 1. The molecule has 1 aliphatic carbocycles. The van der Waals surface area contributed by atoms with Gasteiger partial charge in [-0.3, -0.25) is 19.4 Å². The van der Waals surface area contributed by atoms with Gasteiger partial charge in [-0.25, -0.2) is 9.91 Å². The average Bonchev–Trinajstić information content (AvgIpc) is 3.75. The number of hydrogen-bond acceptors (Lipinski definition) is 9. The Morgan fingerprint density at radius 3 is 2.32 bits per heavy atom. The van der Waals surface area contributed by atoms with Crippen LogP contribution < -0.4 is 14.4 Å². The molecule has 4 atom stereocenters. The highest BCUT2D eigenvalue weighted by atomic mass is 35.5. The maximum absolute atomic E-state index is 14.2. The van der Waals surface area contributed by atoms with Crippen LogP contribution in [0.25, 0.3) is 6.08 Å². The molecule has 1 saturated heterocycles. The van der Waals surface area contributed by atoms with Gasteiger partial charge in [0.25, 0.3) is 17.7 Å². The molecule has 0 unspecified atom stereocenters. The van der Waals surface area contributed by atoms with E-state index >= 15 is 0 Å². The highest BCUT2D eigenvalue weighted by molar-refractivity contribution is 6.38. The van der Waals surface area contributed by atoms with Crippen molar-refractivity contribution in [3.63, 3.8) is 0 Å². The van der Waals surface area contributed by atoms with E-state index in [2.05, 4.69) is 16.4 Å². The lowest BCUT2D eigenvalue weighted by Gasteiger charge is -2.30. The van der Waals surface area contributed by atoms with Crippen LogP contribution in [-0.2, 0) is 14.4 Å². The number of methoxy groups -OCH3 is 2. The number of halogens is 2. The smallest absolute Gasteiger partial charge is 0.264 e. The lowest BCUT2D eigenvalue weighted by Crippen LogP contribution is -2.45. The van der Waals surface area contributed by atoms with Crippen molar-refractivity contribution in [3.8, 4) is 11.5 Å². The summed E-state index contributed by atoms with van der Waals surface area (Å²) >= 11 is 12.4. The van der Waals surface area contributed by atoms with Crippen LogP contribution in [0, 0.1) is 5.92 Å². The van der Waals surface area contributed by atoms with Crippen molar-refractivity contribution >= 4 is 58.4 Å². The van der Waals surface area contributed by atoms with Gasteiger partial charge in [-0.1, -0.05) is 52.7 Å². The Morgan fingerprint density at radius 1 is 0.936 bits per heavy atom. The van der Waals surface area contributed by atoms with Gasteiger partial charge in [-0.15, -0.1) is 0 Å². The SMILES string of the molecule is COc1ccc(/C=C2\CCC[C@@H]3C2=NN(C(=O)CN2N=N[C@@H]4C(=O)N(c5ccc(Cl)cc5Cl)C(=O)[C@@H]42)[C@H]3c2ccc(OC)cc2)cc1. The third kappa shape index (κ3) is 5.53. The fourth-order valence-corrected chi connectivity index (χ4v) is 7.20. The van der Waals surface area contributed by atoms with Gasteiger partial charge in [0, 0.05) is 10.9 Å². The number of carbonyl (C=O) groups is 3. The second kappa shape index (κ2) is 12.5. The number of amides is 3. The van der Waals surface area contributed by atoms with E-state index in [-0.39, 0.29) is 35.1 Å². The average molecular weight is 674 g/mol. The van der Waals surface area contributed by atoms with Gasteiger partial charge in [-0.05, 0) is 84.5 Å². The van der Waals surface area contributed by atoms with Crippen LogP contribution in [0.1, 0.15) is 36.4 Å². The molecule has 3 heterocycles. The zero-order chi connectivity index (χ0) is 32.8. The summed E-state index contributed by atoms with van der Waals surface area (Å²) in [5, 5.41) is 16.4. The fraction of sp³-hybridized carbons (Fsp3) is 0.294. The van der Waals surface area contributed by atoms with Crippen LogP contribution in [-0.4, -0.2) is 66.3 Å². The Bertz CT molecular complexity index is 1840. The van der Waals surface area contributed by atoms with Gasteiger partial charge >= 0.3 is 0 Å². The molecule has 3 aromatic carbocycles. The summed E-state index contributed by atoms with van der Waals surface area (Å²) in [5.74, 6) is -0.0890. The van der Waals surface area contributed by atoms with Crippen molar-refractivity contribution in [2.75, 3.05) is 25.7 Å². The molecule has 3 aliphatic heterocycles. The summed E-state index contributed by atoms with van der Waals surface area (Å²) in [6.07, 6.45) is 4.71. The molecule has 3 aromatic rings. The Balaban J connectivity index is 1.19. The maximum Gasteiger partial charge on any atom is 0.264 e. The van der Waals surface area contributed by atoms with E-state index in [1.54, 1.807) is 20.3 Å². The third-order valence-corrected chi connectivity index (χ3v) is 9.51. The van der Waals surface area contributed by atoms with Crippen molar-refractivity contribution in [2.45, 2.75) is 37.4 Å². The van der Waals surface area contributed by atoms with E-state index in [4.69, 9.17) is 37.8 Å². The molecule has 7 rings (SSSR count). The summed E-state index contributed by atoms with van der Waals surface area (Å²) in [6.45, 7) is -0.306. The van der Waals surface area contributed by atoms with Gasteiger partial charge in [0.15, 0.2) is 12.1 Å². The minimum Gasteiger partial charge on any atom is -0.497 e. The molecular weight excluding hydrogens is 643 g/mol. The number of hydrogen-bond donors (Lipinski definition) is 0. The second-order valence-corrected chi connectivity index (χ2v) is 12.5. The predicted molar refractivity (Wildman–Crippen MR) is 176 cm³/mol. The van der Waals surface area contributed by atoms with Gasteiger partial charge in [0.2, 0.25) is 0 Å². The molecular formula is C34H30Cl2N6O5. The molecule has 3 amide bonds. The van der Waals surface area contributed by atoms with Crippen LogP contribution in [0.4, 0.5) is 5.69 Å². The standard InChI is InChI=1S/C34H30Cl2N6O5/c1-46-23-11-6-19(7-12-23)16-21-4-3-5-25-29(21)38-42(31(25)20-8-13-24(47-2)14-9-20)28(43)18-40-32-30(37-39-40)33(44)41(34(32)45)27-15-10-22(35)17-26(27)36/h6-17,25,30-32H,3-5,18H2,1-2H3/b21-16+/t25-,30+,31+,32-/m1/s1. The van der Waals surface area contributed by atoms with Crippen LogP contribution in [0.5, 0.6) is 11.5 Å². The van der Waals surface area contributed by atoms with E-state index in [0.29, 0.717) is 10.8 Å². The normalized spacial score (nSPS) is 24.1. The molecule has 0 bridgehead atoms. The van der Waals surface area contributed by atoms with Crippen molar-refractivity contribution in [1.82, 2.24) is 10.0 Å². The Hall–Kier alpha value is -4.74. The number of ether oxygens (including phenoxy) is 2. The van der Waals surface area contributed by atoms with E-state index in [0.717, 1.165) is 52.3 Å². The topological polar surface area (TPSA) is 116 Å². The first-order chi connectivity index (χ1) is 22.8. The first kappa shape index (κ1) is 30.9. The molecule has 1 saturated carbocycles. The second-order valence-electron chi connectivity index (χ2n) is 11.7. The fourth-order valence-electron chi connectivity index (χ4n) is 6.71. The largest absolute Gasteiger partial charge is 0.497 e. The monoisotopic (exact) mass is 672 g/mol. The molecule has 240 valence electrons. The first-order valence-electron chi connectivity index (χ1n) is 15.2. The van der Waals surface area contributed by atoms with Crippen molar-refractivity contribution in [1.29, 1.82) is 0 Å². The van der Waals surface area contributed by atoms with Crippen molar-refractivity contribution in [3.05, 3.63) is 93.5 Å². The highest BCUT2D eigenvalue weighted by Crippen LogP contribution is 2.45. The van der Waals surface area contributed by atoms with Crippen LogP contribution in [0.15, 0.2) is 87.7 Å². The van der Waals surface area contributed by atoms with Gasteiger partial charge in [-0.2, -0.15) is 10.2 Å². The zero-order valence-corrected chi connectivity index (χ0v) is 27.1. The van der Waals surface area contributed by atoms with E-state index in [1.807, 2.05) is 48.5 Å². The lowest BCUT2D eigenvalue weighted by atomic mass is 9.77. The number of fused-ring (bicyclic) bond motifs is 2. The number of benzene rings is 3. The number of imide groups is 1. The molecule has 0 N–H and O–H groups in total. The molecule has 4 aliphatic rings. The minimum atomic E-state index is -1.09. The Morgan fingerprint density at radius 2 is 1.64 bits per heavy atom. The molecule has 0 aromatic heterocycles.